The van der Waals surface area contributed by atoms with Crippen molar-refractivity contribution in [1.29, 1.82) is 0 Å². The SMILES string of the molecule is CC(C)SCC(Cl)(Cl)Cl. The first kappa shape index (κ1) is 10.2. The van der Waals surface area contributed by atoms with E-state index in [1.807, 2.05) is 0 Å². The Morgan fingerprint density at radius 3 is 1.89 bits per heavy atom. The van der Waals surface area contributed by atoms with Gasteiger partial charge in [0.25, 0.3) is 0 Å². The number of halogens is 3. The Kier molecular flexibility index (Phi) is 4.74. The van der Waals surface area contributed by atoms with Crippen LogP contribution in [0.1, 0.15) is 13.8 Å². The molecule has 0 radical (unpaired) electrons. The zero-order valence-electron chi connectivity index (χ0n) is 5.33. The molecule has 0 rings (SSSR count). The zero-order valence-corrected chi connectivity index (χ0v) is 8.41. The van der Waals surface area contributed by atoms with Crippen molar-refractivity contribution >= 4 is 46.6 Å². The Hall–Kier alpha value is 1.22. The fourth-order valence-electron chi connectivity index (χ4n) is 0.261. The standard InChI is InChI=1S/C5H9Cl3S/c1-4(2)9-3-5(6,7)8/h4H,3H2,1-2H3. The summed E-state index contributed by atoms with van der Waals surface area (Å²) in [5.74, 6) is 0.565. The topological polar surface area (TPSA) is 0 Å². The lowest BCUT2D eigenvalue weighted by Gasteiger charge is -2.11. The van der Waals surface area contributed by atoms with E-state index in [-0.39, 0.29) is 0 Å². The smallest absolute Gasteiger partial charge is 0.155 e. The average molecular weight is 208 g/mol. The maximum absolute atomic E-state index is 5.49. The summed E-state index contributed by atoms with van der Waals surface area (Å²) in [7, 11) is 0. The quantitative estimate of drug-likeness (QED) is 0.625. The predicted molar refractivity (Wildman–Crippen MR) is 47.9 cm³/mol. The molecule has 0 atom stereocenters. The lowest BCUT2D eigenvalue weighted by molar-refractivity contribution is 1.10. The number of alkyl halides is 3. The molecular weight excluding hydrogens is 198 g/mol. The molecular formula is C5H9Cl3S. The minimum absolute atomic E-state index is 0.528. The van der Waals surface area contributed by atoms with E-state index >= 15 is 0 Å². The van der Waals surface area contributed by atoms with Crippen molar-refractivity contribution in [3.63, 3.8) is 0 Å². The first-order chi connectivity index (χ1) is 3.92. The first-order valence-corrected chi connectivity index (χ1v) is 4.78. The van der Waals surface area contributed by atoms with Gasteiger partial charge in [-0.3, -0.25) is 0 Å². The van der Waals surface area contributed by atoms with E-state index in [0.717, 1.165) is 0 Å². The Morgan fingerprint density at radius 2 is 1.78 bits per heavy atom. The first-order valence-electron chi connectivity index (χ1n) is 2.60. The van der Waals surface area contributed by atoms with Gasteiger partial charge in [-0.15, -0.1) is 0 Å². The maximum Gasteiger partial charge on any atom is 0.199 e. The molecule has 0 unspecified atom stereocenters. The second-order valence-electron chi connectivity index (χ2n) is 1.97. The highest BCUT2D eigenvalue weighted by Crippen LogP contribution is 2.31. The molecule has 0 aromatic rings. The molecule has 0 aromatic carbocycles. The summed E-state index contributed by atoms with van der Waals surface area (Å²) in [6, 6.07) is 0. The number of hydrogen-bond acceptors (Lipinski definition) is 1. The van der Waals surface area contributed by atoms with Gasteiger partial charge in [-0.05, 0) is 5.25 Å². The molecule has 0 aromatic heterocycles. The van der Waals surface area contributed by atoms with E-state index in [1.54, 1.807) is 11.8 Å². The van der Waals surface area contributed by atoms with Crippen LogP contribution in [0, 0.1) is 0 Å². The third-order valence-corrected chi connectivity index (χ3v) is 2.72. The second kappa shape index (κ2) is 4.17. The van der Waals surface area contributed by atoms with Gasteiger partial charge in [-0.1, -0.05) is 48.7 Å². The van der Waals surface area contributed by atoms with Gasteiger partial charge in [0.05, 0.1) is 0 Å². The van der Waals surface area contributed by atoms with Crippen LogP contribution in [0.15, 0.2) is 0 Å². The van der Waals surface area contributed by atoms with Gasteiger partial charge >= 0.3 is 0 Å². The molecule has 0 heterocycles. The van der Waals surface area contributed by atoms with Gasteiger partial charge in [-0.25, -0.2) is 0 Å². The Balaban J connectivity index is 3.28. The normalized spacial score (nSPS) is 12.7. The molecule has 56 valence electrons. The predicted octanol–water partition coefficient (Wildman–Crippen LogP) is 3.50. The van der Waals surface area contributed by atoms with Crippen LogP contribution in [0.5, 0.6) is 0 Å². The second-order valence-corrected chi connectivity index (χ2v) is 6.06. The van der Waals surface area contributed by atoms with Crippen molar-refractivity contribution in [3.8, 4) is 0 Å². The summed E-state index contributed by atoms with van der Waals surface area (Å²) in [5, 5.41) is 0.528. The molecule has 9 heavy (non-hydrogen) atoms. The van der Waals surface area contributed by atoms with Gasteiger partial charge < -0.3 is 0 Å². The molecule has 4 heteroatoms. The van der Waals surface area contributed by atoms with Crippen LogP contribution in [0.4, 0.5) is 0 Å². The van der Waals surface area contributed by atoms with Crippen LogP contribution in [-0.2, 0) is 0 Å². The Bertz CT molecular complexity index is 76.8. The van der Waals surface area contributed by atoms with E-state index in [2.05, 4.69) is 13.8 Å². The molecule has 0 aliphatic rings. The van der Waals surface area contributed by atoms with Crippen LogP contribution >= 0.6 is 46.6 Å². The van der Waals surface area contributed by atoms with E-state index in [4.69, 9.17) is 34.8 Å². The lowest BCUT2D eigenvalue weighted by Crippen LogP contribution is -2.07. The average Bonchev–Trinajstić information content (AvgIpc) is 1.59. The van der Waals surface area contributed by atoms with Gasteiger partial charge in [0.1, 0.15) is 0 Å². The largest absolute Gasteiger partial charge is 0.199 e. The third kappa shape index (κ3) is 9.22. The number of hydrogen-bond donors (Lipinski definition) is 0. The van der Waals surface area contributed by atoms with Crippen LogP contribution in [0.3, 0.4) is 0 Å². The van der Waals surface area contributed by atoms with Gasteiger partial charge in [-0.2, -0.15) is 11.8 Å². The van der Waals surface area contributed by atoms with Gasteiger partial charge in [0, 0.05) is 5.75 Å². The van der Waals surface area contributed by atoms with Crippen molar-refractivity contribution in [1.82, 2.24) is 0 Å². The highest BCUT2D eigenvalue weighted by molar-refractivity contribution is 8.00. The van der Waals surface area contributed by atoms with E-state index in [1.165, 1.54) is 0 Å². The molecule has 0 aliphatic carbocycles. The maximum atomic E-state index is 5.49. The minimum atomic E-state index is -1.09. The lowest BCUT2D eigenvalue weighted by atomic mass is 10.6. The summed E-state index contributed by atoms with van der Waals surface area (Å²) in [5.41, 5.74) is 0. The molecule has 0 spiro atoms. The Morgan fingerprint density at radius 1 is 1.33 bits per heavy atom. The molecule has 0 saturated carbocycles. The van der Waals surface area contributed by atoms with Crippen LogP contribution in [-0.4, -0.2) is 14.8 Å². The van der Waals surface area contributed by atoms with Gasteiger partial charge in [0.15, 0.2) is 3.79 Å². The Labute approximate surface area is 75.2 Å². The summed E-state index contributed by atoms with van der Waals surface area (Å²) in [4.78, 5) is 0. The zero-order chi connectivity index (χ0) is 7.49. The van der Waals surface area contributed by atoms with E-state index in [9.17, 15) is 0 Å². The monoisotopic (exact) mass is 206 g/mol. The molecule has 0 bridgehead atoms. The molecule has 0 N–H and O–H groups in total. The summed E-state index contributed by atoms with van der Waals surface area (Å²) in [6.07, 6.45) is 0. The summed E-state index contributed by atoms with van der Waals surface area (Å²) in [6.45, 7) is 4.14. The van der Waals surface area contributed by atoms with E-state index < -0.39 is 3.79 Å². The third-order valence-electron chi connectivity index (χ3n) is 0.580. The van der Waals surface area contributed by atoms with Crippen molar-refractivity contribution in [2.24, 2.45) is 0 Å². The fourth-order valence-corrected chi connectivity index (χ4v) is 1.35. The highest BCUT2D eigenvalue weighted by atomic mass is 35.6. The van der Waals surface area contributed by atoms with Crippen LogP contribution in [0.2, 0.25) is 0 Å². The molecule has 0 saturated heterocycles. The molecule has 0 aliphatic heterocycles. The van der Waals surface area contributed by atoms with E-state index in [0.29, 0.717) is 11.0 Å². The van der Waals surface area contributed by atoms with Crippen molar-refractivity contribution in [2.75, 3.05) is 5.75 Å². The molecule has 0 fully saturated rings. The van der Waals surface area contributed by atoms with Crippen LogP contribution in [0.25, 0.3) is 0 Å². The van der Waals surface area contributed by atoms with Crippen molar-refractivity contribution < 1.29 is 0 Å². The fraction of sp³-hybridized carbons (Fsp3) is 1.00. The minimum Gasteiger partial charge on any atom is -0.155 e. The highest BCUT2D eigenvalue weighted by Gasteiger charge is 2.19. The number of thioether (sulfide) groups is 1. The van der Waals surface area contributed by atoms with Crippen molar-refractivity contribution in [2.45, 2.75) is 22.9 Å². The summed E-state index contributed by atoms with van der Waals surface area (Å²) < 4.78 is -1.09. The number of rotatable bonds is 2. The van der Waals surface area contributed by atoms with Crippen molar-refractivity contribution in [3.05, 3.63) is 0 Å². The van der Waals surface area contributed by atoms with Crippen LogP contribution < -0.4 is 0 Å². The molecule has 0 nitrogen and oxygen atoms in total. The van der Waals surface area contributed by atoms with Gasteiger partial charge in [0.2, 0.25) is 0 Å². The summed E-state index contributed by atoms with van der Waals surface area (Å²) >= 11 is 18.1. The molecule has 0 amide bonds.